The van der Waals surface area contributed by atoms with Crippen LogP contribution in [0.15, 0.2) is 36.7 Å². The molecule has 0 fully saturated rings. The Balaban J connectivity index is 1.72. The molecule has 0 aliphatic carbocycles. The van der Waals surface area contributed by atoms with Gasteiger partial charge in [-0.1, -0.05) is 42.6 Å². The van der Waals surface area contributed by atoms with Crippen LogP contribution in [0.1, 0.15) is 37.7 Å². The zero-order chi connectivity index (χ0) is 21.1. The van der Waals surface area contributed by atoms with Gasteiger partial charge in [-0.25, -0.2) is 9.97 Å². The Labute approximate surface area is 180 Å². The Bertz CT molecular complexity index is 806. The average molecular weight is 439 g/mol. The molecule has 0 radical (unpaired) electrons. The molecule has 0 saturated heterocycles. The highest BCUT2D eigenvalue weighted by molar-refractivity contribution is 6.35. The Hall–Kier alpha value is -2.38. The summed E-state index contributed by atoms with van der Waals surface area (Å²) in [5.74, 6) is -0.348. The molecule has 0 spiro atoms. The molecule has 0 bridgehead atoms. The number of anilines is 1. The van der Waals surface area contributed by atoms with Crippen LogP contribution in [-0.2, 0) is 14.3 Å². The maximum absolute atomic E-state index is 12.0. The molecule has 1 heterocycles. The molecule has 156 valence electrons. The van der Waals surface area contributed by atoms with E-state index >= 15 is 0 Å². The second-order valence-corrected chi connectivity index (χ2v) is 7.21. The molecule has 2 aromatic rings. The van der Waals surface area contributed by atoms with Gasteiger partial charge in [0.05, 0.1) is 6.42 Å². The van der Waals surface area contributed by atoms with Crippen LogP contribution in [0.25, 0.3) is 0 Å². The SMILES string of the molecule is CCCC(CNC(=O)COC(=O)CCNc1ncccn1)c1ccc(Cl)cc1Cl. The Morgan fingerprint density at radius 1 is 1.21 bits per heavy atom. The third-order valence-electron chi connectivity index (χ3n) is 4.13. The van der Waals surface area contributed by atoms with Crippen molar-refractivity contribution in [2.75, 3.05) is 25.0 Å². The number of amides is 1. The molecule has 7 nitrogen and oxygen atoms in total. The van der Waals surface area contributed by atoms with E-state index in [1.54, 1.807) is 30.6 Å². The van der Waals surface area contributed by atoms with Crippen molar-refractivity contribution in [2.24, 2.45) is 0 Å². The number of carbonyl (C=O) groups is 2. The van der Waals surface area contributed by atoms with Gasteiger partial charge in [0.25, 0.3) is 5.91 Å². The minimum atomic E-state index is -0.477. The highest BCUT2D eigenvalue weighted by atomic mass is 35.5. The molecule has 1 atom stereocenters. The van der Waals surface area contributed by atoms with Gasteiger partial charge in [-0.2, -0.15) is 0 Å². The number of carbonyl (C=O) groups excluding carboxylic acids is 2. The zero-order valence-electron chi connectivity index (χ0n) is 16.2. The number of nitrogens with zero attached hydrogens (tertiary/aromatic N) is 2. The van der Waals surface area contributed by atoms with Crippen LogP contribution in [0.4, 0.5) is 5.95 Å². The number of hydrogen-bond acceptors (Lipinski definition) is 6. The highest BCUT2D eigenvalue weighted by Crippen LogP contribution is 2.30. The van der Waals surface area contributed by atoms with Gasteiger partial charge in [0.15, 0.2) is 6.61 Å². The summed E-state index contributed by atoms with van der Waals surface area (Å²) in [6.45, 7) is 2.46. The van der Waals surface area contributed by atoms with Crippen LogP contribution >= 0.6 is 23.2 Å². The van der Waals surface area contributed by atoms with Crippen LogP contribution in [0.5, 0.6) is 0 Å². The van der Waals surface area contributed by atoms with Crippen molar-refractivity contribution in [1.82, 2.24) is 15.3 Å². The molecule has 2 rings (SSSR count). The normalized spacial score (nSPS) is 11.6. The number of halogens is 2. The third kappa shape index (κ3) is 8.25. The first-order valence-corrected chi connectivity index (χ1v) is 10.1. The molecule has 0 aliphatic rings. The molecule has 0 saturated carbocycles. The maximum Gasteiger partial charge on any atom is 0.308 e. The number of esters is 1. The second-order valence-electron chi connectivity index (χ2n) is 6.37. The summed E-state index contributed by atoms with van der Waals surface area (Å²) in [5, 5.41) is 6.84. The monoisotopic (exact) mass is 438 g/mol. The van der Waals surface area contributed by atoms with E-state index in [1.165, 1.54) is 0 Å². The van der Waals surface area contributed by atoms with Crippen molar-refractivity contribution >= 4 is 41.0 Å². The standard InChI is InChI=1S/C20H24Cl2N4O3/c1-2-4-14(16-6-5-15(21)11-17(16)22)12-26-18(27)13-29-19(28)7-10-25-20-23-8-3-9-24-20/h3,5-6,8-9,11,14H,2,4,7,10,12-13H2,1H3,(H,26,27)(H,23,24,25). The molecule has 1 amide bonds. The Morgan fingerprint density at radius 2 is 1.97 bits per heavy atom. The van der Waals surface area contributed by atoms with Crippen molar-refractivity contribution < 1.29 is 14.3 Å². The summed E-state index contributed by atoms with van der Waals surface area (Å²) in [6, 6.07) is 7.05. The van der Waals surface area contributed by atoms with E-state index in [0.29, 0.717) is 29.1 Å². The number of aromatic nitrogens is 2. The molecule has 29 heavy (non-hydrogen) atoms. The second kappa shape index (κ2) is 12.2. The smallest absolute Gasteiger partial charge is 0.308 e. The van der Waals surface area contributed by atoms with E-state index < -0.39 is 5.97 Å². The number of benzene rings is 1. The quantitative estimate of drug-likeness (QED) is 0.517. The van der Waals surface area contributed by atoms with E-state index in [9.17, 15) is 9.59 Å². The summed E-state index contributed by atoms with van der Waals surface area (Å²) in [6.07, 6.45) is 5.09. The van der Waals surface area contributed by atoms with Crippen LogP contribution in [0.2, 0.25) is 10.0 Å². The molecule has 0 aliphatic heterocycles. The van der Waals surface area contributed by atoms with E-state index in [0.717, 1.165) is 18.4 Å². The summed E-state index contributed by atoms with van der Waals surface area (Å²) in [5.41, 5.74) is 0.935. The largest absolute Gasteiger partial charge is 0.456 e. The van der Waals surface area contributed by atoms with Gasteiger partial charge in [-0.05, 0) is 30.2 Å². The first-order valence-electron chi connectivity index (χ1n) is 9.37. The molecule has 1 aromatic carbocycles. The number of nitrogens with one attached hydrogen (secondary N) is 2. The Morgan fingerprint density at radius 3 is 2.66 bits per heavy atom. The minimum Gasteiger partial charge on any atom is -0.456 e. The van der Waals surface area contributed by atoms with E-state index in [1.807, 2.05) is 6.07 Å². The van der Waals surface area contributed by atoms with Crippen LogP contribution in [0.3, 0.4) is 0 Å². The third-order valence-corrected chi connectivity index (χ3v) is 4.69. The lowest BCUT2D eigenvalue weighted by molar-refractivity contribution is -0.148. The average Bonchev–Trinajstić information content (AvgIpc) is 2.71. The van der Waals surface area contributed by atoms with Crippen molar-refractivity contribution in [1.29, 1.82) is 0 Å². The van der Waals surface area contributed by atoms with Gasteiger partial charge in [0, 0.05) is 41.4 Å². The number of ether oxygens (including phenoxy) is 1. The van der Waals surface area contributed by atoms with Gasteiger partial charge in [-0.3, -0.25) is 9.59 Å². The lowest BCUT2D eigenvalue weighted by Gasteiger charge is -2.19. The lowest BCUT2D eigenvalue weighted by Crippen LogP contribution is -2.32. The fourth-order valence-corrected chi connectivity index (χ4v) is 3.28. The van der Waals surface area contributed by atoms with Gasteiger partial charge < -0.3 is 15.4 Å². The van der Waals surface area contributed by atoms with Crippen LogP contribution < -0.4 is 10.6 Å². The molecular formula is C20H24Cl2N4O3. The fraction of sp³-hybridized carbons (Fsp3) is 0.400. The summed E-state index contributed by atoms with van der Waals surface area (Å²) in [4.78, 5) is 31.8. The van der Waals surface area contributed by atoms with Crippen LogP contribution in [0, 0.1) is 0 Å². The first kappa shape index (κ1) is 22.9. The topological polar surface area (TPSA) is 93.2 Å². The number of rotatable bonds is 11. The van der Waals surface area contributed by atoms with Gasteiger partial charge in [0.1, 0.15) is 0 Å². The molecule has 1 aromatic heterocycles. The van der Waals surface area contributed by atoms with E-state index in [-0.39, 0.29) is 24.9 Å². The predicted octanol–water partition coefficient (Wildman–Crippen LogP) is 3.83. The molecular weight excluding hydrogens is 415 g/mol. The fourth-order valence-electron chi connectivity index (χ4n) is 2.72. The van der Waals surface area contributed by atoms with Gasteiger partial charge in [-0.15, -0.1) is 0 Å². The molecule has 1 unspecified atom stereocenters. The molecule has 2 N–H and O–H groups in total. The summed E-state index contributed by atoms with van der Waals surface area (Å²) < 4.78 is 5.00. The minimum absolute atomic E-state index is 0.0551. The van der Waals surface area contributed by atoms with Crippen molar-refractivity contribution in [3.8, 4) is 0 Å². The number of hydrogen-bond donors (Lipinski definition) is 2. The van der Waals surface area contributed by atoms with E-state index in [4.69, 9.17) is 27.9 Å². The summed E-state index contributed by atoms with van der Waals surface area (Å²) >= 11 is 12.2. The maximum atomic E-state index is 12.0. The van der Waals surface area contributed by atoms with E-state index in [2.05, 4.69) is 27.5 Å². The van der Waals surface area contributed by atoms with Crippen molar-refractivity contribution in [3.63, 3.8) is 0 Å². The summed E-state index contributed by atoms with van der Waals surface area (Å²) in [7, 11) is 0. The highest BCUT2D eigenvalue weighted by Gasteiger charge is 2.16. The lowest BCUT2D eigenvalue weighted by atomic mass is 9.94. The van der Waals surface area contributed by atoms with Gasteiger partial charge in [0.2, 0.25) is 5.95 Å². The van der Waals surface area contributed by atoms with Crippen molar-refractivity contribution in [2.45, 2.75) is 32.1 Å². The van der Waals surface area contributed by atoms with Crippen LogP contribution in [-0.4, -0.2) is 41.5 Å². The zero-order valence-corrected chi connectivity index (χ0v) is 17.7. The van der Waals surface area contributed by atoms with Gasteiger partial charge >= 0.3 is 5.97 Å². The first-order chi connectivity index (χ1) is 14.0. The molecule has 9 heteroatoms. The predicted molar refractivity (Wildman–Crippen MR) is 113 cm³/mol. The Kier molecular flexibility index (Phi) is 9.67. The van der Waals surface area contributed by atoms with Crippen molar-refractivity contribution in [3.05, 3.63) is 52.3 Å².